The van der Waals surface area contributed by atoms with Crippen LogP contribution in [0.3, 0.4) is 0 Å². The van der Waals surface area contributed by atoms with E-state index in [9.17, 15) is 9.59 Å². The monoisotopic (exact) mass is 355 g/mol. The zero-order chi connectivity index (χ0) is 18.7. The van der Waals surface area contributed by atoms with Crippen LogP contribution in [0.15, 0.2) is 30.3 Å². The van der Waals surface area contributed by atoms with Gasteiger partial charge in [0.1, 0.15) is 5.82 Å². The van der Waals surface area contributed by atoms with Crippen LogP contribution in [0.25, 0.3) is 11.3 Å². The number of hydrogen-bond acceptors (Lipinski definition) is 3. The fraction of sp³-hybridized carbons (Fsp3) is 0.421. The molecule has 0 unspecified atom stereocenters. The molecule has 0 spiro atoms. The summed E-state index contributed by atoms with van der Waals surface area (Å²) in [6.07, 6.45) is 0.784. The van der Waals surface area contributed by atoms with E-state index < -0.39 is 0 Å². The first-order valence-corrected chi connectivity index (χ1v) is 8.88. The van der Waals surface area contributed by atoms with E-state index in [0.29, 0.717) is 32.0 Å². The van der Waals surface area contributed by atoms with Crippen LogP contribution in [0, 0.1) is 6.92 Å². The Balaban J connectivity index is 1.74. The van der Waals surface area contributed by atoms with Crippen molar-refractivity contribution in [3.8, 4) is 11.3 Å². The van der Waals surface area contributed by atoms with Gasteiger partial charge in [-0.25, -0.2) is 4.79 Å². The maximum absolute atomic E-state index is 12.7. The van der Waals surface area contributed by atoms with Crippen molar-refractivity contribution in [2.45, 2.75) is 20.3 Å². The molecule has 1 aromatic carbocycles. The summed E-state index contributed by atoms with van der Waals surface area (Å²) in [5.74, 6) is 0.753. The third kappa shape index (κ3) is 3.71. The number of amides is 3. The van der Waals surface area contributed by atoms with Crippen LogP contribution >= 0.6 is 0 Å². The Kier molecular flexibility index (Phi) is 5.25. The largest absolute Gasteiger partial charge is 0.341 e. The van der Waals surface area contributed by atoms with Gasteiger partial charge in [-0.15, -0.1) is 0 Å². The average Bonchev–Trinajstić information content (AvgIpc) is 2.83. The summed E-state index contributed by atoms with van der Waals surface area (Å²) in [6, 6.07) is 9.77. The molecule has 0 radical (unpaired) electrons. The second-order valence-corrected chi connectivity index (χ2v) is 6.59. The Labute approximate surface area is 153 Å². The summed E-state index contributed by atoms with van der Waals surface area (Å²) >= 11 is 0. The van der Waals surface area contributed by atoms with Gasteiger partial charge in [-0.2, -0.15) is 5.10 Å². The van der Waals surface area contributed by atoms with Crippen molar-refractivity contribution >= 4 is 17.8 Å². The molecule has 1 N–H and O–H groups in total. The Morgan fingerprint density at radius 3 is 2.38 bits per heavy atom. The second kappa shape index (κ2) is 7.59. The van der Waals surface area contributed by atoms with Gasteiger partial charge in [-0.05, 0) is 13.3 Å². The van der Waals surface area contributed by atoms with Crippen molar-refractivity contribution in [2.24, 2.45) is 7.05 Å². The quantitative estimate of drug-likeness (QED) is 0.900. The lowest BCUT2D eigenvalue weighted by Crippen LogP contribution is -2.39. The van der Waals surface area contributed by atoms with Gasteiger partial charge in [-0.3, -0.25) is 14.8 Å². The number of carbonyl (C=O) groups is 2. The molecule has 3 amide bonds. The highest BCUT2D eigenvalue weighted by atomic mass is 16.2. The molecule has 2 aromatic rings. The Morgan fingerprint density at radius 1 is 1.04 bits per heavy atom. The second-order valence-electron chi connectivity index (χ2n) is 6.59. The molecule has 1 aliphatic heterocycles. The van der Waals surface area contributed by atoms with Crippen molar-refractivity contribution in [2.75, 3.05) is 31.5 Å². The molecule has 1 aliphatic rings. The maximum Gasteiger partial charge on any atom is 0.323 e. The minimum absolute atomic E-state index is 0.0576. The molecule has 0 saturated carbocycles. The van der Waals surface area contributed by atoms with Gasteiger partial charge in [0.05, 0.1) is 5.69 Å². The van der Waals surface area contributed by atoms with Crippen LogP contribution in [0.4, 0.5) is 10.6 Å². The van der Waals surface area contributed by atoms with Crippen molar-refractivity contribution in [1.29, 1.82) is 0 Å². The summed E-state index contributed by atoms with van der Waals surface area (Å²) in [7, 11) is 1.83. The van der Waals surface area contributed by atoms with E-state index in [1.807, 2.05) is 44.3 Å². The highest BCUT2D eigenvalue weighted by molar-refractivity contribution is 5.90. The maximum atomic E-state index is 12.7. The van der Waals surface area contributed by atoms with Gasteiger partial charge < -0.3 is 9.80 Å². The number of hydrogen-bond donors (Lipinski definition) is 1. The van der Waals surface area contributed by atoms with Crippen LogP contribution in [0.1, 0.15) is 18.9 Å². The normalized spacial score (nSPS) is 14.9. The van der Waals surface area contributed by atoms with Crippen LogP contribution < -0.4 is 5.32 Å². The van der Waals surface area contributed by atoms with E-state index in [1.165, 1.54) is 0 Å². The molecule has 0 bridgehead atoms. The van der Waals surface area contributed by atoms with Gasteiger partial charge in [0.2, 0.25) is 5.91 Å². The lowest BCUT2D eigenvalue weighted by molar-refractivity contribution is -0.128. The van der Waals surface area contributed by atoms with E-state index >= 15 is 0 Å². The molecule has 7 nitrogen and oxygen atoms in total. The van der Waals surface area contributed by atoms with Crippen LogP contribution in [-0.2, 0) is 11.8 Å². The summed E-state index contributed by atoms with van der Waals surface area (Å²) in [4.78, 5) is 27.8. The molecule has 7 heteroatoms. The summed E-state index contributed by atoms with van der Waals surface area (Å²) in [6.45, 7) is 5.97. The van der Waals surface area contributed by atoms with Crippen LogP contribution in [0.2, 0.25) is 0 Å². The standard InChI is InChI=1S/C19H25N5O2/c1-14-17(16-8-5-4-6-9-16)21-22(3)18(14)20-19(26)24-11-7-10-23(12-13-24)15(2)25/h4-6,8-9H,7,10-13H2,1-3H3,(H,20,26). The van der Waals surface area contributed by atoms with Gasteiger partial charge in [0.15, 0.2) is 0 Å². The third-order valence-corrected chi connectivity index (χ3v) is 4.79. The number of carbonyl (C=O) groups excluding carboxylic acids is 2. The molecule has 138 valence electrons. The lowest BCUT2D eigenvalue weighted by atomic mass is 10.1. The SMILES string of the molecule is CC(=O)N1CCCN(C(=O)Nc2c(C)c(-c3ccccc3)nn2C)CC1. The average molecular weight is 355 g/mol. The van der Waals surface area contributed by atoms with Crippen molar-refractivity contribution in [1.82, 2.24) is 19.6 Å². The first-order chi connectivity index (χ1) is 12.5. The van der Waals surface area contributed by atoms with Crippen LogP contribution in [-0.4, -0.2) is 57.7 Å². The van der Waals surface area contributed by atoms with Gasteiger partial charge in [0.25, 0.3) is 0 Å². The number of nitrogens with one attached hydrogen (secondary N) is 1. The highest BCUT2D eigenvalue weighted by Crippen LogP contribution is 2.27. The molecule has 1 aromatic heterocycles. The number of aromatic nitrogens is 2. The summed E-state index contributed by atoms with van der Waals surface area (Å²) in [5.41, 5.74) is 2.82. The zero-order valence-corrected chi connectivity index (χ0v) is 15.5. The number of benzene rings is 1. The molecule has 0 atom stereocenters. The highest BCUT2D eigenvalue weighted by Gasteiger charge is 2.22. The van der Waals surface area contributed by atoms with Gasteiger partial charge in [0, 0.05) is 51.3 Å². The third-order valence-electron chi connectivity index (χ3n) is 4.79. The fourth-order valence-electron chi connectivity index (χ4n) is 3.29. The van der Waals surface area contributed by atoms with Crippen LogP contribution in [0.5, 0.6) is 0 Å². The molecule has 0 aliphatic carbocycles. The number of nitrogens with zero attached hydrogens (tertiary/aromatic N) is 4. The Bertz CT molecular complexity index is 800. The molecule has 2 heterocycles. The Hall–Kier alpha value is -2.83. The number of rotatable bonds is 2. The van der Waals surface area contributed by atoms with E-state index in [0.717, 1.165) is 23.2 Å². The fourth-order valence-corrected chi connectivity index (χ4v) is 3.29. The lowest BCUT2D eigenvalue weighted by Gasteiger charge is -2.22. The zero-order valence-electron chi connectivity index (χ0n) is 15.5. The first kappa shape index (κ1) is 18.0. The summed E-state index contributed by atoms with van der Waals surface area (Å²) in [5, 5.41) is 7.56. The number of aryl methyl sites for hydroxylation is 1. The van der Waals surface area contributed by atoms with Gasteiger partial charge in [-0.1, -0.05) is 30.3 Å². The molecular formula is C19H25N5O2. The molecule has 1 fully saturated rings. The molecule has 26 heavy (non-hydrogen) atoms. The smallest absolute Gasteiger partial charge is 0.323 e. The van der Waals surface area contributed by atoms with Crippen molar-refractivity contribution < 1.29 is 9.59 Å². The molecular weight excluding hydrogens is 330 g/mol. The number of anilines is 1. The first-order valence-electron chi connectivity index (χ1n) is 8.88. The Morgan fingerprint density at radius 2 is 1.69 bits per heavy atom. The van der Waals surface area contributed by atoms with E-state index in [2.05, 4.69) is 10.4 Å². The van der Waals surface area contributed by atoms with E-state index in [-0.39, 0.29) is 11.9 Å². The molecule has 1 saturated heterocycles. The predicted octanol–water partition coefficient (Wildman–Crippen LogP) is 2.48. The predicted molar refractivity (Wildman–Crippen MR) is 101 cm³/mol. The van der Waals surface area contributed by atoms with Gasteiger partial charge >= 0.3 is 6.03 Å². The minimum Gasteiger partial charge on any atom is -0.341 e. The minimum atomic E-state index is -0.152. The number of urea groups is 1. The van der Waals surface area contributed by atoms with E-state index in [1.54, 1.807) is 21.4 Å². The van der Waals surface area contributed by atoms with Crippen molar-refractivity contribution in [3.05, 3.63) is 35.9 Å². The van der Waals surface area contributed by atoms with E-state index in [4.69, 9.17) is 0 Å². The van der Waals surface area contributed by atoms with Crippen molar-refractivity contribution in [3.63, 3.8) is 0 Å². The molecule has 3 rings (SSSR count). The summed E-state index contributed by atoms with van der Waals surface area (Å²) < 4.78 is 1.70. The topological polar surface area (TPSA) is 70.5 Å².